The molecule has 1 N–H and O–H groups in total. The number of ether oxygens (including phenoxy) is 3. The highest BCUT2D eigenvalue weighted by atomic mass is 16.6. The maximum absolute atomic E-state index is 12.5. The molecule has 3 heterocycles. The Morgan fingerprint density at radius 2 is 1.92 bits per heavy atom. The zero-order chi connectivity index (χ0) is 25.9. The highest BCUT2D eigenvalue weighted by Gasteiger charge is 2.23. The molecule has 196 valence electrons. The van der Waals surface area contributed by atoms with Gasteiger partial charge >= 0.3 is 5.97 Å². The lowest BCUT2D eigenvalue weighted by Crippen LogP contribution is -2.30. The van der Waals surface area contributed by atoms with E-state index in [4.69, 9.17) is 14.2 Å². The van der Waals surface area contributed by atoms with Crippen LogP contribution in [0.3, 0.4) is 0 Å². The number of fused-ring (bicyclic) bond motifs is 2. The van der Waals surface area contributed by atoms with Crippen molar-refractivity contribution in [3.63, 3.8) is 0 Å². The second-order valence-electron chi connectivity index (χ2n) is 10.2. The van der Waals surface area contributed by atoms with Gasteiger partial charge in [0.05, 0.1) is 24.9 Å². The van der Waals surface area contributed by atoms with Crippen LogP contribution in [0, 0.1) is 5.92 Å². The summed E-state index contributed by atoms with van der Waals surface area (Å²) >= 11 is 0. The average molecular weight is 497 g/mol. The van der Waals surface area contributed by atoms with E-state index in [1.807, 2.05) is 19.1 Å². The first-order valence-electron chi connectivity index (χ1n) is 13.0. The Kier molecular flexibility index (Phi) is 11.1. The SMILES string of the molecule is C=C1CC(=O)/C=C\CC(C(O)/C=C/C2CC(C)=CCO2)OC(=O)/C=C\CC2C=CCC(CC(C)C1)O2. The summed E-state index contributed by atoms with van der Waals surface area (Å²) in [4.78, 5) is 25.0. The summed E-state index contributed by atoms with van der Waals surface area (Å²) in [6, 6.07) is 0. The molecule has 0 saturated heterocycles. The Balaban J connectivity index is 1.70. The molecule has 0 saturated carbocycles. The van der Waals surface area contributed by atoms with E-state index in [2.05, 4.69) is 19.6 Å². The zero-order valence-corrected chi connectivity index (χ0v) is 21.5. The summed E-state index contributed by atoms with van der Waals surface area (Å²) in [6.45, 7) is 8.84. The molecule has 0 radical (unpaired) electrons. The standard InChI is InChI=1S/C30H40O6/c1-21-15-16-34-26(19-21)13-14-28(32)29-11-4-7-24(31)18-22(2)17-23(3)20-27-10-5-8-25(35-27)9-6-12-30(33)36-29/h4-8,12-15,23,25-29,32H,2,9-11,16-20H2,1,3H3/b7-4-,12-6-,14-13+. The zero-order valence-electron chi connectivity index (χ0n) is 21.5. The van der Waals surface area contributed by atoms with E-state index in [0.29, 0.717) is 18.9 Å². The van der Waals surface area contributed by atoms with Gasteiger partial charge in [-0.3, -0.25) is 4.79 Å². The van der Waals surface area contributed by atoms with Crippen LogP contribution >= 0.6 is 0 Å². The summed E-state index contributed by atoms with van der Waals surface area (Å²) in [7, 11) is 0. The Bertz CT molecular complexity index is 924. The van der Waals surface area contributed by atoms with E-state index < -0.39 is 18.2 Å². The number of aliphatic hydroxyl groups excluding tert-OH is 1. The van der Waals surface area contributed by atoms with Gasteiger partial charge in [-0.15, -0.1) is 0 Å². The van der Waals surface area contributed by atoms with Gasteiger partial charge in [0.15, 0.2) is 5.78 Å². The number of hydrogen-bond donors (Lipinski definition) is 1. The first-order chi connectivity index (χ1) is 17.3. The molecular weight excluding hydrogens is 456 g/mol. The van der Waals surface area contributed by atoms with E-state index in [-0.39, 0.29) is 36.9 Å². The number of carbonyl (C=O) groups excluding carboxylic acids is 2. The predicted octanol–water partition coefficient (Wildman–Crippen LogP) is 5.10. The third-order valence-corrected chi connectivity index (χ3v) is 6.57. The van der Waals surface area contributed by atoms with Gasteiger partial charge in [-0.2, -0.15) is 0 Å². The van der Waals surface area contributed by atoms with Crippen LogP contribution in [0.2, 0.25) is 0 Å². The van der Waals surface area contributed by atoms with Crippen LogP contribution in [0.5, 0.6) is 0 Å². The van der Waals surface area contributed by atoms with Gasteiger partial charge in [-0.1, -0.05) is 67.2 Å². The number of cyclic esters (lactones) is 1. The minimum atomic E-state index is -1.04. The van der Waals surface area contributed by atoms with E-state index in [1.165, 1.54) is 17.7 Å². The summed E-state index contributed by atoms with van der Waals surface area (Å²) in [5, 5.41) is 10.8. The van der Waals surface area contributed by atoms with Crippen LogP contribution in [0.4, 0.5) is 0 Å². The third-order valence-electron chi connectivity index (χ3n) is 6.57. The van der Waals surface area contributed by atoms with Crippen LogP contribution in [0.25, 0.3) is 0 Å². The topological polar surface area (TPSA) is 82.1 Å². The first-order valence-corrected chi connectivity index (χ1v) is 13.0. The molecule has 0 aromatic carbocycles. The van der Waals surface area contributed by atoms with Crippen LogP contribution in [-0.2, 0) is 23.8 Å². The quantitative estimate of drug-likeness (QED) is 0.432. The number of hydrogen-bond acceptors (Lipinski definition) is 6. The minimum absolute atomic E-state index is 0.0573. The van der Waals surface area contributed by atoms with Gasteiger partial charge in [-0.05, 0) is 51.0 Å². The van der Waals surface area contributed by atoms with Crippen molar-refractivity contribution in [2.75, 3.05) is 6.61 Å². The summed E-state index contributed by atoms with van der Waals surface area (Å²) < 4.78 is 17.4. The van der Waals surface area contributed by atoms with Gasteiger partial charge < -0.3 is 19.3 Å². The second kappa shape index (κ2) is 14.3. The molecule has 36 heavy (non-hydrogen) atoms. The van der Waals surface area contributed by atoms with Crippen molar-refractivity contribution in [1.82, 2.24) is 0 Å². The second-order valence-corrected chi connectivity index (χ2v) is 10.2. The number of ketones is 1. The lowest BCUT2D eigenvalue weighted by Gasteiger charge is -2.28. The molecule has 0 spiro atoms. The van der Waals surface area contributed by atoms with Crippen LogP contribution in [-0.4, -0.2) is 54.0 Å². The molecule has 2 bridgehead atoms. The van der Waals surface area contributed by atoms with Gasteiger partial charge in [0.2, 0.25) is 0 Å². The number of esters is 1. The van der Waals surface area contributed by atoms with E-state index >= 15 is 0 Å². The third kappa shape index (κ3) is 9.84. The van der Waals surface area contributed by atoms with Gasteiger partial charge in [0, 0.05) is 18.9 Å². The van der Waals surface area contributed by atoms with Crippen LogP contribution < -0.4 is 0 Å². The molecule has 6 heteroatoms. The minimum Gasteiger partial charge on any atom is -0.456 e. The smallest absolute Gasteiger partial charge is 0.330 e. The van der Waals surface area contributed by atoms with Crippen molar-refractivity contribution in [2.45, 2.75) is 89.3 Å². The Labute approximate surface area is 215 Å². The first kappa shape index (κ1) is 28.0. The van der Waals surface area contributed by atoms with Crippen LogP contribution in [0.15, 0.2) is 72.4 Å². The largest absolute Gasteiger partial charge is 0.456 e. The van der Waals surface area contributed by atoms with E-state index in [1.54, 1.807) is 24.3 Å². The highest BCUT2D eigenvalue weighted by molar-refractivity contribution is 5.91. The molecule has 0 aromatic rings. The van der Waals surface area contributed by atoms with Gasteiger partial charge in [-0.25, -0.2) is 4.79 Å². The van der Waals surface area contributed by atoms with Crippen molar-refractivity contribution in [1.29, 1.82) is 0 Å². The Morgan fingerprint density at radius 3 is 2.72 bits per heavy atom. The normalized spacial score (nSPS) is 33.8. The molecule has 0 amide bonds. The number of allylic oxidation sites excluding steroid dienone is 2. The average Bonchev–Trinajstić information content (AvgIpc) is 2.81. The molecule has 3 aliphatic heterocycles. The molecule has 6 unspecified atom stereocenters. The van der Waals surface area contributed by atoms with E-state index in [9.17, 15) is 14.7 Å². The van der Waals surface area contributed by atoms with E-state index in [0.717, 1.165) is 31.3 Å². The molecule has 3 rings (SSSR count). The van der Waals surface area contributed by atoms with Crippen molar-refractivity contribution < 1.29 is 28.9 Å². The monoisotopic (exact) mass is 496 g/mol. The number of carbonyl (C=O) groups is 2. The summed E-state index contributed by atoms with van der Waals surface area (Å²) in [5.41, 5.74) is 2.13. The fourth-order valence-electron chi connectivity index (χ4n) is 4.76. The Morgan fingerprint density at radius 1 is 1.11 bits per heavy atom. The van der Waals surface area contributed by atoms with Gasteiger partial charge in [0.1, 0.15) is 12.2 Å². The lowest BCUT2D eigenvalue weighted by atomic mass is 9.92. The summed E-state index contributed by atoms with van der Waals surface area (Å²) in [5.74, 6) is -0.244. The molecule has 3 aliphatic rings. The van der Waals surface area contributed by atoms with Crippen molar-refractivity contribution >= 4 is 11.8 Å². The molecule has 0 aliphatic carbocycles. The van der Waals surface area contributed by atoms with Crippen LogP contribution in [0.1, 0.15) is 58.8 Å². The number of aliphatic hydroxyl groups is 1. The molecule has 6 atom stereocenters. The highest BCUT2D eigenvalue weighted by Crippen LogP contribution is 2.25. The molecule has 6 nitrogen and oxygen atoms in total. The summed E-state index contributed by atoms with van der Waals surface area (Å²) in [6.07, 6.45) is 18.2. The maximum Gasteiger partial charge on any atom is 0.330 e. The maximum atomic E-state index is 12.5. The van der Waals surface area contributed by atoms with Crippen molar-refractivity contribution in [3.8, 4) is 0 Å². The predicted molar refractivity (Wildman–Crippen MR) is 140 cm³/mol. The van der Waals surface area contributed by atoms with Gasteiger partial charge in [0.25, 0.3) is 0 Å². The number of rotatable bonds is 3. The van der Waals surface area contributed by atoms with Crippen molar-refractivity contribution in [2.24, 2.45) is 5.92 Å². The fraction of sp³-hybridized carbons (Fsp3) is 0.533. The van der Waals surface area contributed by atoms with Crippen molar-refractivity contribution in [3.05, 3.63) is 72.4 Å². The molecule has 0 fully saturated rings. The Hall–Kier alpha value is -2.54. The molecule has 0 aromatic heterocycles. The fourth-order valence-corrected chi connectivity index (χ4v) is 4.76. The lowest BCUT2D eigenvalue weighted by molar-refractivity contribution is -0.147. The molecular formula is C30H40O6.